The highest BCUT2D eigenvalue weighted by molar-refractivity contribution is 5.75. The van der Waals surface area contributed by atoms with Gasteiger partial charge in [0.05, 0.1) is 13.2 Å². The number of hydrogen-bond acceptors (Lipinski definition) is 7. The number of aromatic nitrogens is 6. The van der Waals surface area contributed by atoms with E-state index in [4.69, 9.17) is 9.26 Å². The Labute approximate surface area is 168 Å². The second kappa shape index (κ2) is 8.56. The van der Waals surface area contributed by atoms with Gasteiger partial charge in [0, 0.05) is 69.6 Å². The van der Waals surface area contributed by atoms with Crippen LogP contribution in [0.4, 0.5) is 0 Å². The fraction of sp³-hybridized carbons (Fsp3) is 0.526. The Bertz CT molecular complexity index is 961. The Kier molecular flexibility index (Phi) is 5.70. The molecule has 0 radical (unpaired) electrons. The van der Waals surface area contributed by atoms with Crippen LogP contribution in [0, 0.1) is 0 Å². The molecule has 10 heteroatoms. The average molecular weight is 399 g/mol. The van der Waals surface area contributed by atoms with Crippen molar-refractivity contribution < 1.29 is 14.1 Å². The number of nitrogens with zero attached hydrogens (tertiary/aromatic N) is 7. The first-order valence-electron chi connectivity index (χ1n) is 9.86. The molecule has 0 saturated heterocycles. The maximum absolute atomic E-state index is 12.3. The summed E-state index contributed by atoms with van der Waals surface area (Å²) in [6, 6.07) is 1.84. The summed E-state index contributed by atoms with van der Waals surface area (Å²) in [5.41, 5.74) is 2.90. The summed E-state index contributed by atoms with van der Waals surface area (Å²) in [7, 11) is 1.78. The minimum Gasteiger partial charge on any atom is -0.376 e. The van der Waals surface area contributed by atoms with E-state index in [1.165, 1.54) is 5.69 Å². The number of hydrogen-bond donors (Lipinski definition) is 0. The van der Waals surface area contributed by atoms with Gasteiger partial charge in [-0.2, -0.15) is 15.2 Å². The van der Waals surface area contributed by atoms with Crippen LogP contribution in [-0.4, -0.2) is 60.7 Å². The first-order chi connectivity index (χ1) is 14.2. The summed E-state index contributed by atoms with van der Waals surface area (Å²) in [5, 5.41) is 12.8. The van der Waals surface area contributed by atoms with E-state index in [1.807, 2.05) is 16.9 Å². The predicted molar refractivity (Wildman–Crippen MR) is 103 cm³/mol. The lowest BCUT2D eigenvalue weighted by Gasteiger charge is -2.16. The van der Waals surface area contributed by atoms with Gasteiger partial charge in [0.15, 0.2) is 11.5 Å². The van der Waals surface area contributed by atoms with Gasteiger partial charge in [-0.15, -0.1) is 0 Å². The van der Waals surface area contributed by atoms with E-state index in [-0.39, 0.29) is 5.91 Å². The fourth-order valence-corrected chi connectivity index (χ4v) is 3.42. The van der Waals surface area contributed by atoms with E-state index < -0.39 is 0 Å². The number of aryl methyl sites for hydroxylation is 2. The van der Waals surface area contributed by atoms with Gasteiger partial charge in [-0.1, -0.05) is 5.16 Å². The monoisotopic (exact) mass is 399 g/mol. The first kappa shape index (κ1) is 19.3. The third-order valence-corrected chi connectivity index (χ3v) is 5.08. The molecule has 0 atom stereocenters. The molecule has 0 unspecified atom stereocenters. The number of carbonyl (C=O) groups is 1. The summed E-state index contributed by atoms with van der Waals surface area (Å²) in [5.74, 6) is 1.02. The zero-order valence-electron chi connectivity index (χ0n) is 16.7. The van der Waals surface area contributed by atoms with Crippen molar-refractivity contribution in [3.8, 4) is 11.6 Å². The molecule has 29 heavy (non-hydrogen) atoms. The highest BCUT2D eigenvalue weighted by atomic mass is 16.5. The molecule has 0 aliphatic carbocycles. The van der Waals surface area contributed by atoms with Crippen LogP contribution in [0.15, 0.2) is 23.0 Å². The van der Waals surface area contributed by atoms with Gasteiger partial charge in [-0.05, 0) is 13.0 Å². The molecule has 1 aliphatic rings. The van der Waals surface area contributed by atoms with E-state index in [0.29, 0.717) is 56.6 Å². The number of ether oxygens (including phenoxy) is 1. The quantitative estimate of drug-likeness (QED) is 0.562. The minimum atomic E-state index is 0.0529. The molecule has 0 fully saturated rings. The molecule has 1 amide bonds. The highest BCUT2D eigenvalue weighted by Crippen LogP contribution is 2.28. The second-order valence-corrected chi connectivity index (χ2v) is 6.99. The molecule has 3 aromatic rings. The van der Waals surface area contributed by atoms with Crippen LogP contribution in [0.1, 0.15) is 30.4 Å². The van der Waals surface area contributed by atoms with Crippen molar-refractivity contribution in [2.75, 3.05) is 20.2 Å². The molecule has 1 aliphatic heterocycles. The van der Waals surface area contributed by atoms with Gasteiger partial charge in [0.2, 0.25) is 5.91 Å². The third kappa shape index (κ3) is 4.21. The summed E-state index contributed by atoms with van der Waals surface area (Å²) in [6.07, 6.45) is 5.30. The number of likely N-dealkylation sites (N-methyl/N-ethyl adjacent to an activating group) is 1. The van der Waals surface area contributed by atoms with Crippen molar-refractivity contribution in [1.82, 2.24) is 34.6 Å². The molecular weight excluding hydrogens is 374 g/mol. The van der Waals surface area contributed by atoms with Crippen LogP contribution in [-0.2, 0) is 42.1 Å². The lowest BCUT2D eigenvalue weighted by molar-refractivity contribution is -0.130. The SMILES string of the molecule is CCn1nc(-c2nc(CCN(C)C(=O)CCn3cccn3)no2)c2c1CCOC2. The third-order valence-electron chi connectivity index (χ3n) is 5.08. The largest absolute Gasteiger partial charge is 0.376 e. The summed E-state index contributed by atoms with van der Waals surface area (Å²) in [6.45, 7) is 5.14. The van der Waals surface area contributed by atoms with Crippen molar-refractivity contribution >= 4 is 5.91 Å². The lowest BCUT2D eigenvalue weighted by Crippen LogP contribution is -2.29. The van der Waals surface area contributed by atoms with Crippen molar-refractivity contribution in [2.24, 2.45) is 0 Å². The number of fused-ring (bicyclic) bond motifs is 1. The smallest absolute Gasteiger partial charge is 0.278 e. The normalized spacial score (nSPS) is 13.4. The van der Waals surface area contributed by atoms with E-state index in [1.54, 1.807) is 22.8 Å². The Morgan fingerprint density at radius 2 is 2.28 bits per heavy atom. The van der Waals surface area contributed by atoms with E-state index in [9.17, 15) is 4.79 Å². The molecule has 0 spiro atoms. The molecule has 4 rings (SSSR count). The topological polar surface area (TPSA) is 104 Å². The molecule has 0 N–H and O–H groups in total. The predicted octanol–water partition coefficient (Wildman–Crippen LogP) is 1.31. The lowest BCUT2D eigenvalue weighted by atomic mass is 10.1. The summed E-state index contributed by atoms with van der Waals surface area (Å²) >= 11 is 0. The van der Waals surface area contributed by atoms with Gasteiger partial charge in [-0.25, -0.2) is 0 Å². The molecular formula is C19H25N7O3. The van der Waals surface area contributed by atoms with Crippen LogP contribution in [0.3, 0.4) is 0 Å². The Balaban J connectivity index is 1.36. The van der Waals surface area contributed by atoms with Crippen LogP contribution < -0.4 is 0 Å². The van der Waals surface area contributed by atoms with Gasteiger partial charge < -0.3 is 14.2 Å². The number of carbonyl (C=O) groups excluding carboxylic acids is 1. The van der Waals surface area contributed by atoms with Crippen molar-refractivity contribution in [3.63, 3.8) is 0 Å². The Morgan fingerprint density at radius 1 is 1.38 bits per heavy atom. The van der Waals surface area contributed by atoms with Gasteiger partial charge in [0.1, 0.15) is 0 Å². The van der Waals surface area contributed by atoms with E-state index in [2.05, 4.69) is 27.3 Å². The molecule has 10 nitrogen and oxygen atoms in total. The second-order valence-electron chi connectivity index (χ2n) is 6.99. The molecule has 0 saturated carbocycles. The van der Waals surface area contributed by atoms with Gasteiger partial charge in [-0.3, -0.25) is 14.2 Å². The van der Waals surface area contributed by atoms with Crippen molar-refractivity contribution in [2.45, 2.75) is 45.9 Å². The summed E-state index contributed by atoms with van der Waals surface area (Å²) < 4.78 is 14.8. The molecule has 0 aromatic carbocycles. The summed E-state index contributed by atoms with van der Waals surface area (Å²) in [4.78, 5) is 18.5. The molecule has 154 valence electrons. The molecule has 0 bridgehead atoms. The Morgan fingerprint density at radius 3 is 3.07 bits per heavy atom. The van der Waals surface area contributed by atoms with E-state index >= 15 is 0 Å². The van der Waals surface area contributed by atoms with Crippen molar-refractivity contribution in [1.29, 1.82) is 0 Å². The minimum absolute atomic E-state index is 0.0529. The van der Waals surface area contributed by atoms with Crippen molar-refractivity contribution in [3.05, 3.63) is 35.5 Å². The van der Waals surface area contributed by atoms with Crippen LogP contribution >= 0.6 is 0 Å². The first-order valence-corrected chi connectivity index (χ1v) is 9.86. The maximum atomic E-state index is 12.3. The van der Waals surface area contributed by atoms with Crippen LogP contribution in [0.25, 0.3) is 11.6 Å². The zero-order valence-corrected chi connectivity index (χ0v) is 16.7. The molecule has 3 aromatic heterocycles. The zero-order chi connectivity index (χ0) is 20.2. The van der Waals surface area contributed by atoms with E-state index in [0.717, 1.165) is 18.5 Å². The number of amides is 1. The number of rotatable bonds is 8. The van der Waals surface area contributed by atoms with Gasteiger partial charge in [0.25, 0.3) is 5.89 Å². The standard InChI is InChI=1S/C19H25N7O3/c1-3-26-15-7-12-28-13-14(15)18(22-26)19-21-16(23-29-19)5-10-24(2)17(27)6-11-25-9-4-8-20-25/h4,8-9H,3,5-7,10-13H2,1-2H3. The van der Waals surface area contributed by atoms with Gasteiger partial charge >= 0.3 is 0 Å². The Hall–Kier alpha value is -3.01. The maximum Gasteiger partial charge on any atom is 0.278 e. The van der Waals surface area contributed by atoms with Crippen LogP contribution in [0.2, 0.25) is 0 Å². The van der Waals surface area contributed by atoms with Crippen LogP contribution in [0.5, 0.6) is 0 Å². The highest BCUT2D eigenvalue weighted by Gasteiger charge is 2.25. The molecule has 4 heterocycles. The fourth-order valence-electron chi connectivity index (χ4n) is 3.42. The average Bonchev–Trinajstić information content (AvgIpc) is 3.49.